The highest BCUT2D eigenvalue weighted by Gasteiger charge is 2.46. The fourth-order valence-corrected chi connectivity index (χ4v) is 1.64. The van der Waals surface area contributed by atoms with Crippen molar-refractivity contribution in [3.8, 4) is 6.07 Å². The van der Waals surface area contributed by atoms with E-state index in [2.05, 4.69) is 11.4 Å². The predicted molar refractivity (Wildman–Crippen MR) is 63.0 cm³/mol. The zero-order chi connectivity index (χ0) is 13.3. The van der Waals surface area contributed by atoms with E-state index in [1.54, 1.807) is 20.8 Å². The summed E-state index contributed by atoms with van der Waals surface area (Å²) in [7, 11) is 0. The lowest BCUT2D eigenvalue weighted by atomic mass is 9.91. The average Bonchev–Trinajstić information content (AvgIpc) is 2.49. The van der Waals surface area contributed by atoms with Crippen molar-refractivity contribution in [2.75, 3.05) is 6.54 Å². The first-order valence-corrected chi connectivity index (χ1v) is 5.81. The maximum atomic E-state index is 12.0. The summed E-state index contributed by atoms with van der Waals surface area (Å²) in [4.78, 5) is 24.9. The summed E-state index contributed by atoms with van der Waals surface area (Å²) >= 11 is 0. The Balaban J connectivity index is 2.72. The van der Waals surface area contributed by atoms with E-state index < -0.39 is 11.0 Å². The normalized spacial score (nSPS) is 24.8. The highest BCUT2D eigenvalue weighted by atomic mass is 16.2. The topological polar surface area (TPSA) is 73.2 Å². The van der Waals surface area contributed by atoms with Crippen molar-refractivity contribution >= 4 is 11.9 Å². The fraction of sp³-hybridized carbons (Fsp3) is 0.750. The molecule has 1 N–H and O–H groups in total. The molecule has 94 valence electrons. The van der Waals surface area contributed by atoms with Gasteiger partial charge in [0.25, 0.3) is 5.91 Å². The first kappa shape index (κ1) is 13.5. The molecule has 0 aliphatic carbocycles. The van der Waals surface area contributed by atoms with Gasteiger partial charge >= 0.3 is 6.03 Å². The summed E-state index contributed by atoms with van der Waals surface area (Å²) in [5.74, 6) is -0.196. The lowest BCUT2D eigenvalue weighted by Crippen LogP contribution is -2.43. The third kappa shape index (κ3) is 2.57. The highest BCUT2D eigenvalue weighted by Crippen LogP contribution is 2.24. The number of hydrogen-bond acceptors (Lipinski definition) is 3. The van der Waals surface area contributed by atoms with Crippen LogP contribution in [0.5, 0.6) is 0 Å². The van der Waals surface area contributed by atoms with E-state index >= 15 is 0 Å². The van der Waals surface area contributed by atoms with Crippen LogP contribution >= 0.6 is 0 Å². The van der Waals surface area contributed by atoms with Crippen LogP contribution in [-0.4, -0.2) is 28.9 Å². The smallest absolute Gasteiger partial charge is 0.323 e. The van der Waals surface area contributed by atoms with Crippen molar-refractivity contribution < 1.29 is 9.59 Å². The zero-order valence-corrected chi connectivity index (χ0v) is 10.8. The molecule has 1 rings (SSSR count). The molecular weight excluding hydrogens is 218 g/mol. The summed E-state index contributed by atoms with van der Waals surface area (Å²) in [5, 5.41) is 11.6. The molecule has 0 bridgehead atoms. The number of hydrogen-bond donors (Lipinski definition) is 1. The summed E-state index contributed by atoms with van der Waals surface area (Å²) < 4.78 is 0. The summed E-state index contributed by atoms with van der Waals surface area (Å²) in [6, 6.07) is 1.81. The molecule has 1 aliphatic rings. The molecule has 5 nitrogen and oxygen atoms in total. The number of urea groups is 1. The number of carbonyl (C=O) groups is 2. The summed E-state index contributed by atoms with van der Waals surface area (Å²) in [6.07, 6.45) is 1.05. The van der Waals surface area contributed by atoms with E-state index in [1.165, 1.54) is 4.90 Å². The van der Waals surface area contributed by atoms with E-state index in [-0.39, 0.29) is 11.9 Å². The Hall–Kier alpha value is -1.57. The monoisotopic (exact) mass is 237 g/mol. The molecule has 5 heteroatoms. The molecule has 0 saturated carbocycles. The van der Waals surface area contributed by atoms with Gasteiger partial charge in [0, 0.05) is 6.54 Å². The molecular formula is C12H19N3O2. The van der Waals surface area contributed by atoms with Gasteiger partial charge in [-0.05, 0) is 33.6 Å². The van der Waals surface area contributed by atoms with Crippen LogP contribution < -0.4 is 5.32 Å². The zero-order valence-electron chi connectivity index (χ0n) is 10.8. The van der Waals surface area contributed by atoms with Crippen LogP contribution in [0.3, 0.4) is 0 Å². The van der Waals surface area contributed by atoms with Crippen molar-refractivity contribution in [1.29, 1.82) is 5.26 Å². The van der Waals surface area contributed by atoms with E-state index in [4.69, 9.17) is 5.26 Å². The van der Waals surface area contributed by atoms with Gasteiger partial charge in [0.1, 0.15) is 5.54 Å². The van der Waals surface area contributed by atoms with Gasteiger partial charge in [0.2, 0.25) is 0 Å². The average molecular weight is 237 g/mol. The van der Waals surface area contributed by atoms with Crippen LogP contribution in [0.25, 0.3) is 0 Å². The van der Waals surface area contributed by atoms with Crippen LogP contribution in [0, 0.1) is 16.7 Å². The van der Waals surface area contributed by atoms with E-state index in [0.29, 0.717) is 19.4 Å². The minimum Gasteiger partial charge on any atom is -0.323 e. The maximum Gasteiger partial charge on any atom is 0.325 e. The van der Waals surface area contributed by atoms with Gasteiger partial charge < -0.3 is 5.32 Å². The van der Waals surface area contributed by atoms with Crippen molar-refractivity contribution in [1.82, 2.24) is 10.2 Å². The Kier molecular flexibility index (Phi) is 3.46. The Morgan fingerprint density at radius 3 is 2.47 bits per heavy atom. The molecule has 0 aromatic carbocycles. The summed E-state index contributed by atoms with van der Waals surface area (Å²) in [5.41, 5.74) is -1.31. The Morgan fingerprint density at radius 1 is 1.47 bits per heavy atom. The first-order valence-electron chi connectivity index (χ1n) is 5.81. The first-order chi connectivity index (χ1) is 7.75. The molecule has 1 heterocycles. The van der Waals surface area contributed by atoms with Crippen molar-refractivity contribution in [2.45, 2.75) is 46.1 Å². The molecule has 0 spiro atoms. The minimum atomic E-state index is -0.784. The SMILES string of the molecule is CCC1(C)NC(=O)N(CCC(C)(C)C#N)C1=O. The molecule has 17 heavy (non-hydrogen) atoms. The van der Waals surface area contributed by atoms with Gasteiger partial charge in [-0.1, -0.05) is 6.92 Å². The minimum absolute atomic E-state index is 0.196. The van der Waals surface area contributed by atoms with E-state index in [0.717, 1.165) is 0 Å². The van der Waals surface area contributed by atoms with Crippen LogP contribution in [0.4, 0.5) is 4.79 Å². The Labute approximate surface area is 102 Å². The van der Waals surface area contributed by atoms with Crippen molar-refractivity contribution in [3.05, 3.63) is 0 Å². The van der Waals surface area contributed by atoms with Crippen molar-refractivity contribution in [3.63, 3.8) is 0 Å². The second-order valence-electron chi connectivity index (χ2n) is 5.32. The van der Waals surface area contributed by atoms with Crippen LogP contribution in [-0.2, 0) is 4.79 Å². The Morgan fingerprint density at radius 2 is 2.06 bits per heavy atom. The quantitative estimate of drug-likeness (QED) is 0.755. The van der Waals surface area contributed by atoms with Crippen LogP contribution in [0.2, 0.25) is 0 Å². The number of rotatable bonds is 4. The molecule has 1 fully saturated rings. The predicted octanol–water partition coefficient (Wildman–Crippen LogP) is 1.65. The molecule has 1 saturated heterocycles. The fourth-order valence-electron chi connectivity index (χ4n) is 1.64. The van der Waals surface area contributed by atoms with E-state index in [9.17, 15) is 9.59 Å². The number of nitrogens with one attached hydrogen (secondary N) is 1. The van der Waals surface area contributed by atoms with Crippen LogP contribution in [0.15, 0.2) is 0 Å². The van der Waals surface area contributed by atoms with E-state index in [1.807, 2.05) is 6.92 Å². The third-order valence-electron chi connectivity index (χ3n) is 3.32. The third-order valence-corrected chi connectivity index (χ3v) is 3.32. The van der Waals surface area contributed by atoms with Crippen LogP contribution in [0.1, 0.15) is 40.5 Å². The molecule has 0 aromatic rings. The Bertz CT molecular complexity index is 384. The molecule has 1 aliphatic heterocycles. The number of nitrogens with zero attached hydrogens (tertiary/aromatic N) is 2. The van der Waals surface area contributed by atoms with Gasteiger partial charge in [-0.3, -0.25) is 9.69 Å². The number of imide groups is 1. The molecule has 1 unspecified atom stereocenters. The highest BCUT2D eigenvalue weighted by molar-refractivity contribution is 6.06. The molecule has 0 radical (unpaired) electrons. The standard InChI is InChI=1S/C12H19N3O2/c1-5-12(4)9(16)15(10(17)14-12)7-6-11(2,3)8-13/h5-7H2,1-4H3,(H,14,17). The van der Waals surface area contributed by atoms with Gasteiger partial charge in [-0.15, -0.1) is 0 Å². The van der Waals surface area contributed by atoms with Gasteiger partial charge in [0.15, 0.2) is 0 Å². The van der Waals surface area contributed by atoms with Gasteiger partial charge in [-0.25, -0.2) is 4.79 Å². The lowest BCUT2D eigenvalue weighted by Gasteiger charge is -2.21. The molecule has 0 aromatic heterocycles. The molecule has 3 amide bonds. The van der Waals surface area contributed by atoms with Gasteiger partial charge in [0.05, 0.1) is 11.5 Å². The maximum absolute atomic E-state index is 12.0. The number of amides is 3. The largest absolute Gasteiger partial charge is 0.325 e. The lowest BCUT2D eigenvalue weighted by molar-refractivity contribution is -0.131. The number of carbonyl (C=O) groups excluding carboxylic acids is 2. The second kappa shape index (κ2) is 4.36. The summed E-state index contributed by atoms with van der Waals surface area (Å²) in [6.45, 7) is 7.47. The second-order valence-corrected chi connectivity index (χ2v) is 5.32. The molecule has 1 atom stereocenters. The number of nitriles is 1. The van der Waals surface area contributed by atoms with Crippen molar-refractivity contribution in [2.24, 2.45) is 5.41 Å². The van der Waals surface area contributed by atoms with Gasteiger partial charge in [-0.2, -0.15) is 5.26 Å².